The minimum absolute atomic E-state index is 0.137. The van der Waals surface area contributed by atoms with E-state index in [9.17, 15) is 4.79 Å². The van der Waals surface area contributed by atoms with Crippen molar-refractivity contribution < 1.29 is 4.79 Å². The van der Waals surface area contributed by atoms with Crippen molar-refractivity contribution in [2.24, 2.45) is 0 Å². The van der Waals surface area contributed by atoms with Gasteiger partial charge in [-0.05, 0) is 55.7 Å². The smallest absolute Gasteiger partial charge is 0.256 e. The highest BCUT2D eigenvalue weighted by atomic mass is 16.1. The summed E-state index contributed by atoms with van der Waals surface area (Å²) in [5.74, 6) is 0.325. The summed E-state index contributed by atoms with van der Waals surface area (Å²) in [5, 5.41) is 12.5. The van der Waals surface area contributed by atoms with Gasteiger partial charge in [-0.3, -0.25) is 4.79 Å². The van der Waals surface area contributed by atoms with Gasteiger partial charge >= 0.3 is 0 Å². The van der Waals surface area contributed by atoms with Crippen LogP contribution < -0.4 is 5.32 Å². The maximum absolute atomic E-state index is 13.1. The summed E-state index contributed by atoms with van der Waals surface area (Å²) in [6.45, 7) is 2.90. The Balaban J connectivity index is 1.46. The predicted molar refractivity (Wildman–Crippen MR) is 111 cm³/mol. The lowest BCUT2D eigenvalue weighted by Crippen LogP contribution is -2.13. The summed E-state index contributed by atoms with van der Waals surface area (Å²) in [4.78, 5) is 17.9. The molecule has 1 aliphatic rings. The fourth-order valence-electron chi connectivity index (χ4n) is 3.54. The summed E-state index contributed by atoms with van der Waals surface area (Å²) < 4.78 is 3.68. The standard InChI is InChI=1S/C22H22N6O/c1-2-11-28-21-19(14-24-28)18(13-20(26-21)15-4-5-15)22(29)25-16-6-8-17(9-7-16)27-12-3-10-23-27/h3,6-10,12-15H,2,4-5,11H2,1H3,(H,25,29). The summed E-state index contributed by atoms with van der Waals surface area (Å²) in [7, 11) is 0. The molecule has 0 unspecified atom stereocenters. The highest BCUT2D eigenvalue weighted by Crippen LogP contribution is 2.40. The maximum Gasteiger partial charge on any atom is 0.256 e. The van der Waals surface area contributed by atoms with Gasteiger partial charge in [0.15, 0.2) is 5.65 Å². The number of anilines is 1. The molecule has 0 saturated heterocycles. The van der Waals surface area contributed by atoms with E-state index in [1.165, 1.54) is 0 Å². The Morgan fingerprint density at radius 1 is 1.21 bits per heavy atom. The Morgan fingerprint density at radius 2 is 2.03 bits per heavy atom. The Kier molecular flexibility index (Phi) is 4.35. The molecule has 146 valence electrons. The third kappa shape index (κ3) is 3.40. The first-order valence-corrected chi connectivity index (χ1v) is 10.0. The third-order valence-electron chi connectivity index (χ3n) is 5.20. The second-order valence-corrected chi connectivity index (χ2v) is 7.43. The molecular weight excluding hydrogens is 364 g/mol. The van der Waals surface area contributed by atoms with Crippen molar-refractivity contribution in [3.05, 3.63) is 66.2 Å². The number of hydrogen-bond acceptors (Lipinski definition) is 4. The maximum atomic E-state index is 13.1. The summed E-state index contributed by atoms with van der Waals surface area (Å²) >= 11 is 0. The van der Waals surface area contributed by atoms with Gasteiger partial charge < -0.3 is 5.32 Å². The lowest BCUT2D eigenvalue weighted by molar-refractivity contribution is 0.102. The summed E-state index contributed by atoms with van der Waals surface area (Å²) in [6.07, 6.45) is 8.61. The van der Waals surface area contributed by atoms with Crippen molar-refractivity contribution in [1.82, 2.24) is 24.5 Å². The number of hydrogen-bond donors (Lipinski definition) is 1. The number of fused-ring (bicyclic) bond motifs is 1. The highest BCUT2D eigenvalue weighted by molar-refractivity contribution is 6.12. The van der Waals surface area contributed by atoms with Gasteiger partial charge in [0.25, 0.3) is 5.91 Å². The monoisotopic (exact) mass is 386 g/mol. The van der Waals surface area contributed by atoms with Crippen LogP contribution in [0, 0.1) is 0 Å². The van der Waals surface area contributed by atoms with Crippen molar-refractivity contribution in [3.8, 4) is 5.69 Å². The van der Waals surface area contributed by atoms with E-state index in [1.54, 1.807) is 17.1 Å². The molecule has 3 aromatic heterocycles. The van der Waals surface area contributed by atoms with Gasteiger partial charge in [-0.15, -0.1) is 0 Å². The molecule has 1 aromatic carbocycles. The molecule has 5 rings (SSSR count). The van der Waals surface area contributed by atoms with Crippen LogP contribution in [0.5, 0.6) is 0 Å². The van der Waals surface area contributed by atoms with E-state index < -0.39 is 0 Å². The molecule has 0 bridgehead atoms. The number of aromatic nitrogens is 5. The van der Waals surface area contributed by atoms with Crippen LogP contribution in [-0.2, 0) is 6.54 Å². The first-order chi connectivity index (χ1) is 14.2. The average Bonchev–Trinajstić information content (AvgIpc) is 3.29. The number of rotatable bonds is 6. The van der Waals surface area contributed by atoms with Crippen molar-refractivity contribution in [1.29, 1.82) is 0 Å². The van der Waals surface area contributed by atoms with Gasteiger partial charge in [0, 0.05) is 36.2 Å². The molecule has 1 saturated carbocycles. The highest BCUT2D eigenvalue weighted by Gasteiger charge is 2.28. The Labute approximate surface area is 168 Å². The molecule has 0 radical (unpaired) electrons. The molecule has 29 heavy (non-hydrogen) atoms. The molecule has 7 nitrogen and oxygen atoms in total. The first kappa shape index (κ1) is 17.6. The van der Waals surface area contributed by atoms with Crippen molar-refractivity contribution >= 4 is 22.6 Å². The third-order valence-corrected chi connectivity index (χ3v) is 5.20. The molecule has 1 N–H and O–H groups in total. The zero-order valence-corrected chi connectivity index (χ0v) is 16.2. The number of carbonyl (C=O) groups excluding carboxylic acids is 1. The van der Waals surface area contributed by atoms with Crippen molar-refractivity contribution in [2.45, 2.75) is 38.6 Å². The Bertz CT molecular complexity index is 1160. The Morgan fingerprint density at radius 3 is 2.72 bits per heavy atom. The van der Waals surface area contributed by atoms with Crippen molar-refractivity contribution in [2.75, 3.05) is 5.32 Å². The van der Waals surface area contributed by atoms with E-state index in [-0.39, 0.29) is 5.91 Å². The van der Waals surface area contributed by atoms with Crippen LogP contribution in [0.1, 0.15) is 48.2 Å². The molecule has 0 atom stereocenters. The molecule has 1 fully saturated rings. The van der Waals surface area contributed by atoms with Gasteiger partial charge in [0.1, 0.15) is 0 Å². The quantitative estimate of drug-likeness (QED) is 0.540. The van der Waals surface area contributed by atoms with Gasteiger partial charge in [-0.2, -0.15) is 10.2 Å². The summed E-state index contributed by atoms with van der Waals surface area (Å²) in [6, 6.07) is 11.4. The molecular formula is C22H22N6O. The van der Waals surface area contributed by atoms with E-state index in [1.807, 2.05) is 47.3 Å². The lowest BCUT2D eigenvalue weighted by atomic mass is 10.1. The largest absolute Gasteiger partial charge is 0.322 e. The van der Waals surface area contributed by atoms with Crippen molar-refractivity contribution in [3.63, 3.8) is 0 Å². The SMILES string of the molecule is CCCn1ncc2c(C(=O)Nc3ccc(-n4cccn4)cc3)cc(C3CC3)nc21. The molecule has 3 heterocycles. The second kappa shape index (κ2) is 7.16. The van der Waals surface area contributed by atoms with Crippen LogP contribution in [0.3, 0.4) is 0 Å². The zero-order chi connectivity index (χ0) is 19.8. The van der Waals surface area contributed by atoms with Crippen LogP contribution >= 0.6 is 0 Å². The fourth-order valence-corrected chi connectivity index (χ4v) is 3.54. The van der Waals surface area contributed by atoms with Gasteiger partial charge in [-0.1, -0.05) is 6.92 Å². The molecule has 4 aromatic rings. The van der Waals surface area contributed by atoms with Crippen LogP contribution in [0.2, 0.25) is 0 Å². The zero-order valence-electron chi connectivity index (χ0n) is 16.2. The predicted octanol–water partition coefficient (Wildman–Crippen LogP) is 4.16. The van der Waals surface area contributed by atoms with E-state index in [4.69, 9.17) is 4.98 Å². The Hall–Kier alpha value is -3.48. The van der Waals surface area contributed by atoms with E-state index in [0.29, 0.717) is 11.5 Å². The number of benzene rings is 1. The van der Waals surface area contributed by atoms with E-state index in [0.717, 1.165) is 53.9 Å². The number of amides is 1. The van der Waals surface area contributed by atoms with E-state index in [2.05, 4.69) is 22.4 Å². The van der Waals surface area contributed by atoms with E-state index >= 15 is 0 Å². The van der Waals surface area contributed by atoms with Crippen LogP contribution in [0.25, 0.3) is 16.7 Å². The van der Waals surface area contributed by atoms with Crippen LogP contribution in [-0.4, -0.2) is 30.5 Å². The number of carbonyl (C=O) groups is 1. The topological polar surface area (TPSA) is 77.6 Å². The first-order valence-electron chi connectivity index (χ1n) is 10.0. The molecule has 1 aliphatic carbocycles. The minimum atomic E-state index is -0.137. The second-order valence-electron chi connectivity index (χ2n) is 7.43. The minimum Gasteiger partial charge on any atom is -0.322 e. The molecule has 1 amide bonds. The van der Waals surface area contributed by atoms with Gasteiger partial charge in [-0.25, -0.2) is 14.3 Å². The van der Waals surface area contributed by atoms with Crippen LogP contribution in [0.15, 0.2) is 55.0 Å². The molecule has 0 spiro atoms. The number of nitrogens with one attached hydrogen (secondary N) is 1. The normalized spacial score (nSPS) is 13.7. The number of pyridine rings is 1. The lowest BCUT2D eigenvalue weighted by Gasteiger charge is -2.10. The summed E-state index contributed by atoms with van der Waals surface area (Å²) in [5.41, 5.74) is 4.11. The van der Waals surface area contributed by atoms with Crippen LogP contribution in [0.4, 0.5) is 5.69 Å². The number of aryl methyl sites for hydroxylation is 1. The van der Waals surface area contributed by atoms with Gasteiger partial charge in [0.2, 0.25) is 0 Å². The molecule has 7 heteroatoms. The fraction of sp³-hybridized carbons (Fsp3) is 0.273. The molecule has 0 aliphatic heterocycles. The number of nitrogens with zero attached hydrogens (tertiary/aromatic N) is 5. The van der Waals surface area contributed by atoms with Gasteiger partial charge in [0.05, 0.1) is 22.8 Å². The average molecular weight is 386 g/mol.